The van der Waals surface area contributed by atoms with E-state index in [0.29, 0.717) is 5.75 Å². The molecule has 1 atom stereocenters. The molecule has 0 heterocycles. The standard InChI is InChI=1S/C12H15F3OS/c1-9(16)10-3-5-11(6-4-10)17-8-2-7-12(13,14)15/h3-6,9,16H,2,7-8H2,1H3. The first kappa shape index (κ1) is 14.4. The molecule has 0 aliphatic carbocycles. The van der Waals surface area contributed by atoms with Crippen molar-refractivity contribution in [1.82, 2.24) is 0 Å². The molecule has 0 bridgehead atoms. The maximum Gasteiger partial charge on any atom is 0.389 e. The van der Waals surface area contributed by atoms with E-state index in [1.165, 1.54) is 11.8 Å². The first-order valence-electron chi connectivity index (χ1n) is 5.36. The molecule has 0 saturated heterocycles. The second-order valence-electron chi connectivity index (χ2n) is 3.81. The Kier molecular flexibility index (Phi) is 5.33. The highest BCUT2D eigenvalue weighted by Crippen LogP contribution is 2.26. The van der Waals surface area contributed by atoms with Crippen LogP contribution in [-0.2, 0) is 0 Å². The SMILES string of the molecule is CC(O)c1ccc(SCCCC(F)(F)F)cc1. The van der Waals surface area contributed by atoms with Gasteiger partial charge >= 0.3 is 6.18 Å². The van der Waals surface area contributed by atoms with Crippen LogP contribution in [0.1, 0.15) is 31.4 Å². The molecule has 0 saturated carbocycles. The van der Waals surface area contributed by atoms with Gasteiger partial charge in [0.05, 0.1) is 6.10 Å². The van der Waals surface area contributed by atoms with E-state index in [1.54, 1.807) is 19.1 Å². The highest BCUT2D eigenvalue weighted by Gasteiger charge is 2.25. The van der Waals surface area contributed by atoms with Gasteiger partial charge in [-0.25, -0.2) is 0 Å². The van der Waals surface area contributed by atoms with Gasteiger partial charge in [-0.15, -0.1) is 11.8 Å². The minimum Gasteiger partial charge on any atom is -0.389 e. The fraction of sp³-hybridized carbons (Fsp3) is 0.500. The van der Waals surface area contributed by atoms with Crippen LogP contribution in [0.3, 0.4) is 0 Å². The summed E-state index contributed by atoms with van der Waals surface area (Å²) < 4.78 is 35.7. The molecule has 0 aliphatic heterocycles. The summed E-state index contributed by atoms with van der Waals surface area (Å²) in [5.41, 5.74) is 0.810. The molecular weight excluding hydrogens is 249 g/mol. The molecule has 1 N–H and O–H groups in total. The van der Waals surface area contributed by atoms with Gasteiger partial charge in [0, 0.05) is 11.3 Å². The van der Waals surface area contributed by atoms with Crippen molar-refractivity contribution in [2.24, 2.45) is 0 Å². The number of hydrogen-bond acceptors (Lipinski definition) is 2. The highest BCUT2D eigenvalue weighted by molar-refractivity contribution is 7.99. The van der Waals surface area contributed by atoms with Gasteiger partial charge in [0.2, 0.25) is 0 Å². The first-order valence-corrected chi connectivity index (χ1v) is 6.34. The molecule has 17 heavy (non-hydrogen) atoms. The first-order chi connectivity index (χ1) is 7.88. The van der Waals surface area contributed by atoms with Crippen LogP contribution in [0.4, 0.5) is 13.2 Å². The Morgan fingerprint density at radius 2 is 1.82 bits per heavy atom. The summed E-state index contributed by atoms with van der Waals surface area (Å²) in [6.07, 6.45) is -5.17. The van der Waals surface area contributed by atoms with Crippen LogP contribution < -0.4 is 0 Å². The predicted molar refractivity (Wildman–Crippen MR) is 63.1 cm³/mol. The van der Waals surface area contributed by atoms with Crippen LogP contribution >= 0.6 is 11.8 Å². The van der Waals surface area contributed by atoms with Crippen LogP contribution in [0.2, 0.25) is 0 Å². The number of rotatable bonds is 5. The number of aliphatic hydroxyl groups is 1. The highest BCUT2D eigenvalue weighted by atomic mass is 32.2. The van der Waals surface area contributed by atoms with Gasteiger partial charge in [-0.05, 0) is 36.8 Å². The molecule has 1 nitrogen and oxygen atoms in total. The summed E-state index contributed by atoms with van der Waals surface area (Å²) >= 11 is 1.40. The van der Waals surface area contributed by atoms with Gasteiger partial charge in [-0.2, -0.15) is 13.2 Å². The summed E-state index contributed by atoms with van der Waals surface area (Å²) in [6, 6.07) is 7.22. The summed E-state index contributed by atoms with van der Waals surface area (Å²) in [6.45, 7) is 1.67. The van der Waals surface area contributed by atoms with Crippen LogP contribution in [0.25, 0.3) is 0 Å². The molecule has 1 aromatic rings. The molecule has 1 aromatic carbocycles. The molecule has 1 rings (SSSR count). The summed E-state index contributed by atoms with van der Waals surface area (Å²) in [7, 11) is 0. The van der Waals surface area contributed by atoms with Crippen molar-refractivity contribution >= 4 is 11.8 Å². The monoisotopic (exact) mass is 264 g/mol. The van der Waals surface area contributed by atoms with Crippen LogP contribution in [0.15, 0.2) is 29.2 Å². The van der Waals surface area contributed by atoms with E-state index in [1.807, 2.05) is 12.1 Å². The zero-order valence-corrected chi connectivity index (χ0v) is 10.3. The molecule has 0 amide bonds. The summed E-state index contributed by atoms with van der Waals surface area (Å²) in [5, 5.41) is 9.29. The zero-order chi connectivity index (χ0) is 12.9. The molecule has 96 valence electrons. The van der Waals surface area contributed by atoms with Crippen molar-refractivity contribution < 1.29 is 18.3 Å². The average molecular weight is 264 g/mol. The number of hydrogen-bond donors (Lipinski definition) is 1. The Morgan fingerprint density at radius 1 is 1.24 bits per heavy atom. The van der Waals surface area contributed by atoms with Crippen LogP contribution in [0, 0.1) is 0 Å². The number of halogens is 3. The number of benzene rings is 1. The Labute approximate surface area is 103 Å². The van der Waals surface area contributed by atoms with Gasteiger partial charge in [-0.3, -0.25) is 0 Å². The van der Waals surface area contributed by atoms with E-state index in [9.17, 15) is 18.3 Å². The van der Waals surface area contributed by atoms with E-state index in [-0.39, 0.29) is 6.42 Å². The van der Waals surface area contributed by atoms with Crippen molar-refractivity contribution in [3.8, 4) is 0 Å². The van der Waals surface area contributed by atoms with E-state index in [2.05, 4.69) is 0 Å². The Balaban J connectivity index is 2.33. The third-order valence-corrected chi connectivity index (χ3v) is 3.33. The van der Waals surface area contributed by atoms with E-state index < -0.39 is 18.7 Å². The molecule has 0 radical (unpaired) electrons. The maximum atomic E-state index is 11.9. The molecule has 0 aliphatic rings. The fourth-order valence-electron chi connectivity index (χ4n) is 1.31. The smallest absolute Gasteiger partial charge is 0.389 e. The second kappa shape index (κ2) is 6.31. The van der Waals surface area contributed by atoms with Crippen molar-refractivity contribution in [2.75, 3.05) is 5.75 Å². The normalized spacial score (nSPS) is 13.7. The van der Waals surface area contributed by atoms with Gasteiger partial charge in [0.1, 0.15) is 0 Å². The average Bonchev–Trinajstić information content (AvgIpc) is 2.24. The lowest BCUT2D eigenvalue weighted by molar-refractivity contribution is -0.134. The number of thioether (sulfide) groups is 1. The Hall–Kier alpha value is -0.680. The molecular formula is C12H15F3OS. The maximum absolute atomic E-state index is 11.9. The van der Waals surface area contributed by atoms with Gasteiger partial charge in [0.25, 0.3) is 0 Å². The van der Waals surface area contributed by atoms with Crippen molar-refractivity contribution in [2.45, 2.75) is 36.9 Å². The van der Waals surface area contributed by atoms with Crippen molar-refractivity contribution in [3.63, 3.8) is 0 Å². The summed E-state index contributed by atoms with van der Waals surface area (Å²) in [5.74, 6) is 0.452. The third-order valence-electron chi connectivity index (χ3n) is 2.24. The minimum absolute atomic E-state index is 0.131. The van der Waals surface area contributed by atoms with Gasteiger partial charge in [-0.1, -0.05) is 12.1 Å². The molecule has 0 fully saturated rings. The number of alkyl halides is 3. The minimum atomic E-state index is -4.06. The largest absolute Gasteiger partial charge is 0.389 e. The molecule has 0 spiro atoms. The van der Waals surface area contributed by atoms with E-state index in [4.69, 9.17) is 0 Å². The Morgan fingerprint density at radius 3 is 2.29 bits per heavy atom. The molecule has 1 unspecified atom stereocenters. The number of aliphatic hydroxyl groups excluding tert-OH is 1. The Bertz CT molecular complexity index is 333. The molecule has 5 heteroatoms. The fourth-order valence-corrected chi connectivity index (χ4v) is 2.16. The van der Waals surface area contributed by atoms with Gasteiger partial charge < -0.3 is 5.11 Å². The van der Waals surface area contributed by atoms with E-state index >= 15 is 0 Å². The van der Waals surface area contributed by atoms with Gasteiger partial charge in [0.15, 0.2) is 0 Å². The van der Waals surface area contributed by atoms with Crippen molar-refractivity contribution in [3.05, 3.63) is 29.8 Å². The lowest BCUT2D eigenvalue weighted by Crippen LogP contribution is -2.06. The third kappa shape index (κ3) is 5.98. The van der Waals surface area contributed by atoms with E-state index in [0.717, 1.165) is 10.5 Å². The topological polar surface area (TPSA) is 20.2 Å². The molecule has 0 aromatic heterocycles. The predicted octanol–water partition coefficient (Wildman–Crippen LogP) is 4.17. The van der Waals surface area contributed by atoms with Crippen molar-refractivity contribution in [1.29, 1.82) is 0 Å². The lowest BCUT2D eigenvalue weighted by Gasteiger charge is -2.07. The van der Waals surface area contributed by atoms with Crippen LogP contribution in [-0.4, -0.2) is 17.0 Å². The summed E-state index contributed by atoms with van der Waals surface area (Å²) in [4.78, 5) is 0.927. The lowest BCUT2D eigenvalue weighted by atomic mass is 10.1. The quantitative estimate of drug-likeness (QED) is 0.636. The zero-order valence-electron chi connectivity index (χ0n) is 9.50. The van der Waals surface area contributed by atoms with Crippen LogP contribution in [0.5, 0.6) is 0 Å². The second-order valence-corrected chi connectivity index (χ2v) is 4.98.